The first-order valence-electron chi connectivity index (χ1n) is 31.0. The van der Waals surface area contributed by atoms with Gasteiger partial charge in [-0.1, -0.05) is 241 Å². The highest BCUT2D eigenvalue weighted by Crippen LogP contribution is 2.50. The first kappa shape index (κ1) is 55.6. The second-order valence-corrected chi connectivity index (χ2v) is 28.3. The Balaban J connectivity index is 1.06. The molecule has 0 saturated carbocycles. The van der Waals surface area contributed by atoms with Crippen molar-refractivity contribution in [3.8, 4) is 33.4 Å². The molecule has 0 fully saturated rings. The van der Waals surface area contributed by atoms with Crippen molar-refractivity contribution >= 4 is 96.2 Å². The Morgan fingerprint density at radius 1 is 0.333 bits per heavy atom. The molecule has 5 heteroatoms. The number of anilines is 9. The fourth-order valence-corrected chi connectivity index (χ4v) is 13.4. The molecule has 0 atom stereocenters. The summed E-state index contributed by atoms with van der Waals surface area (Å²) in [5.41, 5.74) is 27.6. The third kappa shape index (κ3) is 9.82. The zero-order valence-corrected chi connectivity index (χ0v) is 52.4. The lowest BCUT2D eigenvalue weighted by Gasteiger charge is -2.45. The van der Waals surface area contributed by atoms with Crippen molar-refractivity contribution in [2.24, 2.45) is 0 Å². The van der Waals surface area contributed by atoms with Crippen molar-refractivity contribution < 1.29 is 4.42 Å². The molecule has 87 heavy (non-hydrogen) atoms. The smallest absolute Gasteiger partial charge is 0.252 e. The van der Waals surface area contributed by atoms with Crippen LogP contribution >= 0.6 is 0 Å². The largest absolute Gasteiger partial charge is 0.455 e. The zero-order chi connectivity index (χ0) is 60.3. The van der Waals surface area contributed by atoms with Gasteiger partial charge in [0.25, 0.3) is 6.71 Å². The Morgan fingerprint density at radius 2 is 0.816 bits per heavy atom. The van der Waals surface area contributed by atoms with Gasteiger partial charge in [0.1, 0.15) is 11.2 Å². The lowest BCUT2D eigenvalue weighted by atomic mass is 9.33. The van der Waals surface area contributed by atoms with Crippen LogP contribution in [0.2, 0.25) is 0 Å². The van der Waals surface area contributed by atoms with Gasteiger partial charge in [0.05, 0.1) is 5.69 Å². The highest BCUT2D eigenvalue weighted by Gasteiger charge is 2.45. The Bertz CT molecular complexity index is 4590. The summed E-state index contributed by atoms with van der Waals surface area (Å²) in [7, 11) is 0. The maximum absolute atomic E-state index is 6.67. The number of furan rings is 1. The van der Waals surface area contributed by atoms with Crippen LogP contribution in [-0.2, 0) is 21.7 Å². The fourth-order valence-electron chi connectivity index (χ4n) is 13.4. The number of fused-ring (bicyclic) bond motifs is 7. The summed E-state index contributed by atoms with van der Waals surface area (Å²) in [6.07, 6.45) is 0. The summed E-state index contributed by atoms with van der Waals surface area (Å²) in [6.45, 7) is 27.6. The van der Waals surface area contributed by atoms with Gasteiger partial charge >= 0.3 is 0 Å². The maximum atomic E-state index is 6.67. The van der Waals surface area contributed by atoms with E-state index < -0.39 is 0 Å². The van der Waals surface area contributed by atoms with E-state index in [1.807, 2.05) is 6.07 Å². The van der Waals surface area contributed by atoms with Crippen molar-refractivity contribution in [3.05, 3.63) is 265 Å². The van der Waals surface area contributed by atoms with Crippen LogP contribution < -0.4 is 31.1 Å². The van der Waals surface area contributed by atoms with Gasteiger partial charge in [0, 0.05) is 67.4 Å². The highest BCUT2D eigenvalue weighted by atomic mass is 16.3. The molecule has 1 aromatic heterocycles. The van der Waals surface area contributed by atoms with Crippen molar-refractivity contribution in [1.82, 2.24) is 0 Å². The van der Waals surface area contributed by atoms with E-state index in [0.717, 1.165) is 78.4 Å². The summed E-state index contributed by atoms with van der Waals surface area (Å²) in [5, 5.41) is 2.24. The number of benzene rings is 11. The predicted octanol–water partition coefficient (Wildman–Crippen LogP) is 21.3. The van der Waals surface area contributed by atoms with Gasteiger partial charge in [-0.2, -0.15) is 0 Å². The van der Waals surface area contributed by atoms with E-state index in [9.17, 15) is 0 Å². The van der Waals surface area contributed by atoms with Gasteiger partial charge in [0.15, 0.2) is 0 Å². The number of nitrogens with zero attached hydrogens (tertiary/aromatic N) is 3. The van der Waals surface area contributed by atoms with Crippen LogP contribution in [0.3, 0.4) is 0 Å². The molecule has 0 amide bonds. The zero-order valence-electron chi connectivity index (χ0n) is 52.4. The van der Waals surface area contributed by atoms with Gasteiger partial charge in [-0.25, -0.2) is 0 Å². The Hall–Kier alpha value is -9.32. The Kier molecular flexibility index (Phi) is 13.2. The van der Waals surface area contributed by atoms with Crippen LogP contribution in [0.25, 0.3) is 55.3 Å². The van der Waals surface area contributed by atoms with Crippen molar-refractivity contribution in [2.75, 3.05) is 14.7 Å². The van der Waals surface area contributed by atoms with Crippen LogP contribution in [0, 0.1) is 0 Å². The van der Waals surface area contributed by atoms with Gasteiger partial charge in [-0.15, -0.1) is 0 Å². The van der Waals surface area contributed by atoms with Crippen molar-refractivity contribution in [3.63, 3.8) is 0 Å². The van der Waals surface area contributed by atoms with Crippen LogP contribution in [-0.4, -0.2) is 6.71 Å². The quantitative estimate of drug-likeness (QED) is 0.141. The van der Waals surface area contributed by atoms with Crippen molar-refractivity contribution in [2.45, 2.75) is 105 Å². The molecule has 11 aromatic carbocycles. The van der Waals surface area contributed by atoms with E-state index in [-0.39, 0.29) is 28.4 Å². The molecule has 14 rings (SSSR count). The summed E-state index contributed by atoms with van der Waals surface area (Å²) >= 11 is 0. The Morgan fingerprint density at radius 3 is 1.44 bits per heavy atom. The molecular formula is C82H76BN3O. The van der Waals surface area contributed by atoms with E-state index in [2.05, 4.69) is 334 Å². The fraction of sp³-hybridized carbons (Fsp3) is 0.195. The lowest BCUT2D eigenvalue weighted by Crippen LogP contribution is -2.61. The molecule has 2 aliphatic heterocycles. The monoisotopic (exact) mass is 1130 g/mol. The van der Waals surface area contributed by atoms with Gasteiger partial charge in [-0.3, -0.25) is 0 Å². The molecular weight excluding hydrogens is 1050 g/mol. The van der Waals surface area contributed by atoms with E-state index in [1.54, 1.807) is 0 Å². The minimum absolute atomic E-state index is 0.00250. The van der Waals surface area contributed by atoms with E-state index in [0.29, 0.717) is 0 Å². The number of para-hydroxylation sites is 3. The first-order valence-corrected chi connectivity index (χ1v) is 31.0. The van der Waals surface area contributed by atoms with E-state index >= 15 is 0 Å². The number of hydrogen-bond donors (Lipinski definition) is 0. The van der Waals surface area contributed by atoms with Gasteiger partial charge < -0.3 is 19.1 Å². The lowest BCUT2D eigenvalue weighted by molar-refractivity contribution is 0.590. The maximum Gasteiger partial charge on any atom is 0.252 e. The standard InChI is InChI=1S/C82H76BN3O/c1-79(2,3)57-34-30-53(31-35-57)56-48-74-77-75(49-56)86(62-40-32-55(33-41-62)65-27-21-28-67-66-26-19-20-29-76(66)87-78(65)67)73-52-64(84(61-24-17-14-18-25-61)71-47-39-59(81(7,8)9)50-68(71)54-22-15-13-16-23-54)44-46-70(73)83(77)69-45-38-60(82(10,11)12)51-72(69)85(74)63-42-36-58(37-43-63)80(4,5)6/h13-52H,1-12H3. The highest BCUT2D eigenvalue weighted by molar-refractivity contribution is 7.00. The van der Waals surface area contributed by atoms with Crippen LogP contribution in [0.1, 0.15) is 105 Å². The molecule has 0 unspecified atom stereocenters. The minimum Gasteiger partial charge on any atom is -0.455 e. The molecule has 0 saturated heterocycles. The summed E-state index contributed by atoms with van der Waals surface area (Å²) in [4.78, 5) is 7.63. The van der Waals surface area contributed by atoms with Crippen molar-refractivity contribution in [1.29, 1.82) is 0 Å². The molecule has 0 bridgehead atoms. The summed E-state index contributed by atoms with van der Waals surface area (Å²) in [5.74, 6) is 0. The van der Waals surface area contributed by atoms with E-state index in [1.165, 1.54) is 66.7 Å². The third-order valence-corrected chi connectivity index (χ3v) is 18.3. The van der Waals surface area contributed by atoms with Crippen LogP contribution in [0.5, 0.6) is 0 Å². The van der Waals surface area contributed by atoms with Gasteiger partial charge in [0.2, 0.25) is 0 Å². The molecule has 4 nitrogen and oxygen atoms in total. The second-order valence-electron chi connectivity index (χ2n) is 28.3. The van der Waals surface area contributed by atoms with Crippen LogP contribution in [0.15, 0.2) is 247 Å². The number of rotatable bonds is 8. The molecule has 0 N–H and O–H groups in total. The first-order chi connectivity index (χ1) is 41.7. The van der Waals surface area contributed by atoms with E-state index in [4.69, 9.17) is 4.42 Å². The van der Waals surface area contributed by atoms with Crippen LogP contribution in [0.4, 0.5) is 51.2 Å². The summed E-state index contributed by atoms with van der Waals surface area (Å²) < 4.78 is 6.67. The molecule has 12 aromatic rings. The topological polar surface area (TPSA) is 22.9 Å². The predicted molar refractivity (Wildman–Crippen MR) is 374 cm³/mol. The minimum atomic E-state index is -0.109. The average molecular weight is 1130 g/mol. The molecule has 2 aliphatic rings. The van der Waals surface area contributed by atoms with Gasteiger partial charge in [-0.05, 0) is 167 Å². The molecule has 0 aliphatic carbocycles. The molecule has 3 heterocycles. The normalized spacial score (nSPS) is 13.2. The molecule has 428 valence electrons. The summed E-state index contributed by atoms with van der Waals surface area (Å²) in [6, 6.07) is 91.4. The number of hydrogen-bond acceptors (Lipinski definition) is 4. The molecule has 0 spiro atoms. The second kappa shape index (κ2) is 20.7. The SMILES string of the molecule is CC(C)(C)c1ccc(-c2cc3c4c(c2)N(c2ccc(C(C)(C)C)cc2)c2cc(C(C)(C)C)ccc2B4c2ccc(N(c4ccccc4)c4ccc(C(C)(C)C)cc4-c4ccccc4)cc2N3c2ccc(-c3cccc4c3oc3ccccc34)cc2)cc1. The Labute approximate surface area is 515 Å². The average Bonchev–Trinajstić information content (AvgIpc) is 1.01. The third-order valence-electron chi connectivity index (χ3n) is 18.3. The molecule has 0 radical (unpaired) electrons.